The van der Waals surface area contributed by atoms with E-state index in [2.05, 4.69) is 10.3 Å². The van der Waals surface area contributed by atoms with E-state index >= 15 is 0 Å². The molecule has 0 bridgehead atoms. The highest BCUT2D eigenvalue weighted by Crippen LogP contribution is 2.33. The second-order valence-corrected chi connectivity index (χ2v) is 7.68. The third-order valence-electron chi connectivity index (χ3n) is 5.40. The van der Waals surface area contributed by atoms with Crippen LogP contribution in [-0.4, -0.2) is 24.3 Å². The van der Waals surface area contributed by atoms with Crippen molar-refractivity contribution in [3.05, 3.63) is 28.8 Å². The highest BCUT2D eigenvalue weighted by Gasteiger charge is 2.39. The molecule has 1 saturated carbocycles. The standard InChI is InChI=1S/C20H26ClN3O3/c1-2-16-17(19(25)27-11-12-6-4-3-5-7-12)18(24-20(26)23-16)13-8-9-15(22)14(21)10-13/h8-10,12,17-18H,2-7,11,22H2,1H3,(H,24,26). The first kappa shape index (κ1) is 19.7. The maximum absolute atomic E-state index is 12.9. The van der Waals surface area contributed by atoms with Gasteiger partial charge in [0.1, 0.15) is 5.92 Å². The van der Waals surface area contributed by atoms with Gasteiger partial charge in [0.2, 0.25) is 0 Å². The predicted octanol–water partition coefficient (Wildman–Crippen LogP) is 4.28. The number of hydrogen-bond acceptors (Lipinski definition) is 4. The van der Waals surface area contributed by atoms with Crippen LogP contribution < -0.4 is 11.1 Å². The monoisotopic (exact) mass is 391 g/mol. The number of ether oxygens (including phenoxy) is 1. The molecule has 3 N–H and O–H groups in total. The number of nitrogens with two attached hydrogens (primary N) is 1. The molecule has 1 aromatic carbocycles. The van der Waals surface area contributed by atoms with E-state index in [-0.39, 0.29) is 5.97 Å². The third-order valence-corrected chi connectivity index (χ3v) is 5.73. The van der Waals surface area contributed by atoms with E-state index in [1.165, 1.54) is 19.3 Å². The maximum Gasteiger partial charge on any atom is 0.341 e. The molecule has 0 radical (unpaired) electrons. The Balaban J connectivity index is 1.81. The van der Waals surface area contributed by atoms with Crippen LogP contribution in [0.25, 0.3) is 0 Å². The molecule has 0 saturated heterocycles. The van der Waals surface area contributed by atoms with Crippen molar-refractivity contribution in [3.8, 4) is 0 Å². The van der Waals surface area contributed by atoms with Crippen LogP contribution in [0, 0.1) is 11.8 Å². The highest BCUT2D eigenvalue weighted by molar-refractivity contribution is 6.33. The molecule has 3 rings (SSSR count). The largest absolute Gasteiger partial charge is 0.465 e. The lowest BCUT2D eigenvalue weighted by atomic mass is 9.86. The van der Waals surface area contributed by atoms with E-state index in [1.54, 1.807) is 18.2 Å². The number of amides is 2. The van der Waals surface area contributed by atoms with Gasteiger partial charge in [0.25, 0.3) is 0 Å². The minimum atomic E-state index is -0.656. The Hall–Kier alpha value is -2.08. The molecule has 27 heavy (non-hydrogen) atoms. The lowest BCUT2D eigenvalue weighted by Gasteiger charge is -2.31. The molecule has 1 aromatic rings. The molecule has 0 spiro atoms. The number of carbonyl (C=O) groups excluding carboxylic acids is 2. The Morgan fingerprint density at radius 3 is 2.74 bits per heavy atom. The van der Waals surface area contributed by atoms with Crippen LogP contribution in [0.5, 0.6) is 0 Å². The number of nitrogen functional groups attached to an aromatic ring is 1. The SMILES string of the molecule is CCC1=NC(=O)NC(c2ccc(N)c(Cl)c2)C1C(=O)OCC1CCCCC1. The summed E-state index contributed by atoms with van der Waals surface area (Å²) in [5.41, 5.74) is 7.48. The molecule has 1 aliphatic heterocycles. The smallest absolute Gasteiger partial charge is 0.341 e. The lowest BCUT2D eigenvalue weighted by Crippen LogP contribution is -2.45. The fraction of sp³-hybridized carbons (Fsp3) is 0.550. The fourth-order valence-electron chi connectivity index (χ4n) is 3.87. The van der Waals surface area contributed by atoms with Gasteiger partial charge in [-0.15, -0.1) is 0 Å². The molecule has 6 nitrogen and oxygen atoms in total. The summed E-state index contributed by atoms with van der Waals surface area (Å²) >= 11 is 6.15. The van der Waals surface area contributed by atoms with Gasteiger partial charge in [-0.2, -0.15) is 0 Å². The quantitative estimate of drug-likeness (QED) is 0.578. The van der Waals surface area contributed by atoms with Gasteiger partial charge in [-0.25, -0.2) is 9.79 Å². The van der Waals surface area contributed by atoms with Gasteiger partial charge in [0.15, 0.2) is 0 Å². The number of rotatable bonds is 5. The number of hydrogen-bond donors (Lipinski definition) is 2. The van der Waals surface area contributed by atoms with Gasteiger partial charge in [0, 0.05) is 5.71 Å². The van der Waals surface area contributed by atoms with Crippen LogP contribution in [0.1, 0.15) is 57.1 Å². The summed E-state index contributed by atoms with van der Waals surface area (Å²) in [6, 6.07) is 4.10. The molecule has 2 amide bonds. The molecule has 2 aliphatic rings. The zero-order valence-corrected chi connectivity index (χ0v) is 16.3. The summed E-state index contributed by atoms with van der Waals surface area (Å²) in [7, 11) is 0. The Labute approximate surface area is 164 Å². The Morgan fingerprint density at radius 1 is 1.33 bits per heavy atom. The van der Waals surface area contributed by atoms with Crippen molar-refractivity contribution < 1.29 is 14.3 Å². The van der Waals surface area contributed by atoms with Crippen molar-refractivity contribution in [2.75, 3.05) is 12.3 Å². The number of carbonyl (C=O) groups is 2. The number of nitrogens with one attached hydrogen (secondary N) is 1. The Morgan fingerprint density at radius 2 is 2.07 bits per heavy atom. The predicted molar refractivity (Wildman–Crippen MR) is 106 cm³/mol. The zero-order chi connectivity index (χ0) is 19.4. The van der Waals surface area contributed by atoms with Crippen molar-refractivity contribution in [1.82, 2.24) is 5.32 Å². The number of anilines is 1. The molecular formula is C20H26ClN3O3. The van der Waals surface area contributed by atoms with E-state index in [0.717, 1.165) is 12.8 Å². The summed E-state index contributed by atoms with van der Waals surface area (Å²) in [6.45, 7) is 2.31. The molecule has 7 heteroatoms. The normalized spacial score (nSPS) is 23.5. The summed E-state index contributed by atoms with van der Waals surface area (Å²) in [5.74, 6) is -0.581. The minimum absolute atomic E-state index is 0.348. The Bertz CT molecular complexity index is 744. The first-order chi connectivity index (χ1) is 13.0. The van der Waals surface area contributed by atoms with Gasteiger partial charge in [-0.05, 0) is 42.9 Å². The average molecular weight is 392 g/mol. The van der Waals surface area contributed by atoms with Crippen LogP contribution in [-0.2, 0) is 9.53 Å². The van der Waals surface area contributed by atoms with E-state index < -0.39 is 18.0 Å². The maximum atomic E-state index is 12.9. The van der Waals surface area contributed by atoms with Crippen LogP contribution in [0.2, 0.25) is 5.02 Å². The molecule has 1 aliphatic carbocycles. The summed E-state index contributed by atoms with van der Waals surface area (Å²) < 4.78 is 5.67. The molecule has 0 aromatic heterocycles. The van der Waals surface area contributed by atoms with Crippen molar-refractivity contribution >= 4 is 35.0 Å². The highest BCUT2D eigenvalue weighted by atomic mass is 35.5. The zero-order valence-electron chi connectivity index (χ0n) is 15.5. The average Bonchev–Trinajstić information content (AvgIpc) is 2.68. The van der Waals surface area contributed by atoms with Crippen molar-refractivity contribution in [2.24, 2.45) is 16.8 Å². The second-order valence-electron chi connectivity index (χ2n) is 7.28. The van der Waals surface area contributed by atoms with E-state index in [1.807, 2.05) is 6.92 Å². The Kier molecular flexibility index (Phi) is 6.37. The number of esters is 1. The first-order valence-corrected chi connectivity index (χ1v) is 9.97. The van der Waals surface area contributed by atoms with Crippen molar-refractivity contribution in [3.63, 3.8) is 0 Å². The van der Waals surface area contributed by atoms with Crippen LogP contribution >= 0.6 is 11.6 Å². The van der Waals surface area contributed by atoms with Crippen molar-refractivity contribution in [1.29, 1.82) is 0 Å². The van der Waals surface area contributed by atoms with E-state index in [0.29, 0.717) is 40.9 Å². The third kappa shape index (κ3) is 4.61. The molecule has 2 atom stereocenters. The summed E-state index contributed by atoms with van der Waals surface area (Å²) in [6.07, 6.45) is 6.33. The second kappa shape index (κ2) is 8.74. The van der Waals surface area contributed by atoms with Crippen molar-refractivity contribution in [2.45, 2.75) is 51.5 Å². The first-order valence-electron chi connectivity index (χ1n) is 9.59. The summed E-state index contributed by atoms with van der Waals surface area (Å²) in [5, 5.41) is 3.17. The summed E-state index contributed by atoms with van der Waals surface area (Å²) in [4.78, 5) is 29.0. The van der Waals surface area contributed by atoms with Crippen LogP contribution in [0.4, 0.5) is 10.5 Å². The van der Waals surface area contributed by atoms with Gasteiger partial charge in [-0.3, -0.25) is 4.79 Å². The molecule has 146 valence electrons. The van der Waals surface area contributed by atoms with Gasteiger partial charge in [0.05, 0.1) is 23.4 Å². The number of nitrogens with zero attached hydrogens (tertiary/aromatic N) is 1. The van der Waals surface area contributed by atoms with Gasteiger partial charge >= 0.3 is 12.0 Å². The number of urea groups is 1. The van der Waals surface area contributed by atoms with E-state index in [4.69, 9.17) is 22.1 Å². The number of halogens is 1. The van der Waals surface area contributed by atoms with Gasteiger partial charge < -0.3 is 15.8 Å². The molecule has 2 unspecified atom stereocenters. The molecular weight excluding hydrogens is 366 g/mol. The van der Waals surface area contributed by atoms with Gasteiger partial charge in [-0.1, -0.05) is 43.9 Å². The molecule has 1 heterocycles. The number of benzene rings is 1. The van der Waals surface area contributed by atoms with Crippen LogP contribution in [0.3, 0.4) is 0 Å². The number of aliphatic imine (C=N–C) groups is 1. The minimum Gasteiger partial charge on any atom is -0.465 e. The van der Waals surface area contributed by atoms with E-state index in [9.17, 15) is 9.59 Å². The molecule has 1 fully saturated rings. The van der Waals surface area contributed by atoms with Crippen LogP contribution in [0.15, 0.2) is 23.2 Å². The topological polar surface area (TPSA) is 93.8 Å². The lowest BCUT2D eigenvalue weighted by molar-refractivity contribution is -0.148. The fourth-order valence-corrected chi connectivity index (χ4v) is 4.06.